The molecule has 0 aliphatic rings. The van der Waals surface area contributed by atoms with Crippen LogP contribution >= 0.6 is 11.6 Å². The molecule has 0 fully saturated rings. The molecule has 29 heavy (non-hydrogen) atoms. The Labute approximate surface area is 174 Å². The summed E-state index contributed by atoms with van der Waals surface area (Å²) in [5.41, 5.74) is 7.48. The number of nitrogens with one attached hydrogen (secondary N) is 3. The number of aromatic amines is 1. The summed E-state index contributed by atoms with van der Waals surface area (Å²) in [6.07, 6.45) is -0.600. The van der Waals surface area contributed by atoms with Crippen LogP contribution in [0, 0.1) is 0 Å². The van der Waals surface area contributed by atoms with Gasteiger partial charge in [0.05, 0.1) is 13.2 Å². The number of hydrogen-bond acceptors (Lipinski definition) is 6. The summed E-state index contributed by atoms with van der Waals surface area (Å²) in [6.45, 7) is 5.71. The van der Waals surface area contributed by atoms with Gasteiger partial charge in [-0.25, -0.2) is 14.6 Å². The number of benzene rings is 1. The number of carbonyl (C=O) groups excluding carboxylic acids is 2. The molecule has 0 saturated carbocycles. The number of alkyl carbamates (subject to hydrolysis) is 1. The smallest absolute Gasteiger partial charge is 0.411 e. The van der Waals surface area contributed by atoms with Gasteiger partial charge < -0.3 is 25.5 Å². The highest BCUT2D eigenvalue weighted by Gasteiger charge is 2.18. The fourth-order valence-electron chi connectivity index (χ4n) is 2.40. The second-order valence-electron chi connectivity index (χ2n) is 7.30. The standard InChI is InChI=1S/C19H26ClN5O4/c1-19(2,3)29-17(26)22-10-9-13(21)16-24-14(15(20)25-16)11-5-7-12(8-6-11)23-18(27)28-4/h5-8,13H,9-10,21H2,1-4H3,(H,22,26)(H,23,27)(H,24,25). The van der Waals surface area contributed by atoms with Gasteiger partial charge in [-0.2, -0.15) is 0 Å². The molecule has 1 atom stereocenters. The molecule has 9 nitrogen and oxygen atoms in total. The highest BCUT2D eigenvalue weighted by Crippen LogP contribution is 2.28. The summed E-state index contributed by atoms with van der Waals surface area (Å²) in [7, 11) is 1.29. The van der Waals surface area contributed by atoms with Gasteiger partial charge in [-0.1, -0.05) is 23.7 Å². The van der Waals surface area contributed by atoms with Gasteiger partial charge in [0.1, 0.15) is 22.3 Å². The van der Waals surface area contributed by atoms with Crippen molar-refractivity contribution in [1.29, 1.82) is 0 Å². The fraction of sp³-hybridized carbons (Fsp3) is 0.421. The van der Waals surface area contributed by atoms with Crippen LogP contribution in [0.25, 0.3) is 11.3 Å². The molecule has 2 aromatic rings. The minimum atomic E-state index is -0.558. The quantitative estimate of drug-likeness (QED) is 0.558. The molecule has 1 heterocycles. The summed E-state index contributed by atoms with van der Waals surface area (Å²) >= 11 is 6.27. The van der Waals surface area contributed by atoms with Gasteiger partial charge in [-0.3, -0.25) is 5.32 Å². The lowest BCUT2D eigenvalue weighted by Gasteiger charge is -2.20. The van der Waals surface area contributed by atoms with E-state index in [1.807, 2.05) is 0 Å². The van der Waals surface area contributed by atoms with Crippen LogP contribution in [0.2, 0.25) is 5.15 Å². The number of ether oxygens (including phenoxy) is 2. The Hall–Kier alpha value is -2.78. The van der Waals surface area contributed by atoms with Gasteiger partial charge >= 0.3 is 12.2 Å². The Morgan fingerprint density at radius 2 is 1.90 bits per heavy atom. The lowest BCUT2D eigenvalue weighted by Crippen LogP contribution is -2.34. The maximum Gasteiger partial charge on any atom is 0.411 e. The summed E-state index contributed by atoms with van der Waals surface area (Å²) in [6, 6.07) is 6.51. The van der Waals surface area contributed by atoms with Gasteiger partial charge in [0.2, 0.25) is 0 Å². The first-order chi connectivity index (χ1) is 13.6. The normalized spacial score (nSPS) is 12.2. The molecule has 0 aliphatic carbocycles. The third-order valence-electron chi connectivity index (χ3n) is 3.74. The molecule has 10 heteroatoms. The second kappa shape index (κ2) is 9.62. The molecular formula is C19H26ClN5O4. The van der Waals surface area contributed by atoms with Gasteiger partial charge in [0.15, 0.2) is 0 Å². The van der Waals surface area contributed by atoms with E-state index in [2.05, 4.69) is 25.3 Å². The number of anilines is 1. The second-order valence-corrected chi connectivity index (χ2v) is 7.68. The van der Waals surface area contributed by atoms with E-state index in [1.165, 1.54) is 7.11 Å². The van der Waals surface area contributed by atoms with Crippen molar-refractivity contribution >= 4 is 29.5 Å². The van der Waals surface area contributed by atoms with E-state index in [1.54, 1.807) is 45.0 Å². The molecule has 0 aliphatic heterocycles. The molecule has 2 rings (SSSR count). The Kier molecular flexibility index (Phi) is 7.46. The molecule has 0 radical (unpaired) electrons. The number of carbonyl (C=O) groups is 2. The van der Waals surface area contributed by atoms with Crippen molar-refractivity contribution in [1.82, 2.24) is 15.3 Å². The highest BCUT2D eigenvalue weighted by molar-refractivity contribution is 6.31. The zero-order valence-corrected chi connectivity index (χ0v) is 17.6. The first-order valence-electron chi connectivity index (χ1n) is 9.02. The lowest BCUT2D eigenvalue weighted by molar-refractivity contribution is 0.0526. The number of nitrogens with two attached hydrogens (primary N) is 1. The molecule has 1 unspecified atom stereocenters. The molecular weight excluding hydrogens is 398 g/mol. The summed E-state index contributed by atoms with van der Waals surface area (Å²) in [5, 5.41) is 5.58. The SMILES string of the molecule is COC(=O)Nc1ccc(-c2nc(C(N)CCNC(=O)OC(C)(C)C)[nH]c2Cl)cc1. The number of methoxy groups -OCH3 is 1. The van der Waals surface area contributed by atoms with E-state index < -0.39 is 23.8 Å². The van der Waals surface area contributed by atoms with E-state index in [0.717, 1.165) is 5.56 Å². The molecule has 2 amide bonds. The van der Waals surface area contributed by atoms with Crippen molar-refractivity contribution in [3.63, 3.8) is 0 Å². The third-order valence-corrected chi connectivity index (χ3v) is 4.02. The van der Waals surface area contributed by atoms with Crippen LogP contribution in [-0.4, -0.2) is 41.4 Å². The number of H-pyrrole nitrogens is 1. The molecule has 158 valence electrons. The van der Waals surface area contributed by atoms with E-state index in [0.29, 0.717) is 35.3 Å². The predicted octanol–water partition coefficient (Wildman–Crippen LogP) is 3.82. The number of hydrogen-bond donors (Lipinski definition) is 4. The third kappa shape index (κ3) is 6.95. The van der Waals surface area contributed by atoms with Crippen LogP contribution in [0.3, 0.4) is 0 Å². The van der Waals surface area contributed by atoms with Crippen molar-refractivity contribution in [2.45, 2.75) is 38.8 Å². The van der Waals surface area contributed by atoms with E-state index in [9.17, 15) is 9.59 Å². The topological polar surface area (TPSA) is 131 Å². The molecule has 1 aromatic heterocycles. The van der Waals surface area contributed by atoms with Crippen molar-refractivity contribution < 1.29 is 19.1 Å². The molecule has 0 saturated heterocycles. The van der Waals surface area contributed by atoms with Crippen LogP contribution in [0.1, 0.15) is 39.1 Å². The van der Waals surface area contributed by atoms with Crippen molar-refractivity contribution in [2.75, 3.05) is 19.0 Å². The molecule has 1 aromatic carbocycles. The van der Waals surface area contributed by atoms with Crippen molar-refractivity contribution in [3.05, 3.63) is 35.2 Å². The first-order valence-corrected chi connectivity index (χ1v) is 9.40. The number of halogens is 1. The monoisotopic (exact) mass is 423 g/mol. The van der Waals surface area contributed by atoms with Crippen LogP contribution in [0.5, 0.6) is 0 Å². The van der Waals surface area contributed by atoms with Crippen LogP contribution in [0.15, 0.2) is 24.3 Å². The van der Waals surface area contributed by atoms with Gasteiger partial charge in [0, 0.05) is 17.8 Å². The minimum absolute atomic E-state index is 0.331. The van der Waals surface area contributed by atoms with Crippen LogP contribution in [0.4, 0.5) is 15.3 Å². The molecule has 5 N–H and O–H groups in total. The number of aromatic nitrogens is 2. The molecule has 0 bridgehead atoms. The van der Waals surface area contributed by atoms with Crippen molar-refractivity contribution in [3.8, 4) is 11.3 Å². The van der Waals surface area contributed by atoms with E-state index >= 15 is 0 Å². The Morgan fingerprint density at radius 3 is 2.48 bits per heavy atom. The number of rotatable bonds is 6. The van der Waals surface area contributed by atoms with Crippen LogP contribution < -0.4 is 16.4 Å². The number of imidazole rings is 1. The molecule has 0 spiro atoms. The zero-order chi connectivity index (χ0) is 21.6. The summed E-state index contributed by atoms with van der Waals surface area (Å²) in [5.74, 6) is 0.507. The van der Waals surface area contributed by atoms with E-state index in [4.69, 9.17) is 22.1 Å². The maximum absolute atomic E-state index is 11.7. The highest BCUT2D eigenvalue weighted by atomic mass is 35.5. The number of amides is 2. The first kappa shape index (κ1) is 22.5. The van der Waals surface area contributed by atoms with Crippen LogP contribution in [-0.2, 0) is 9.47 Å². The van der Waals surface area contributed by atoms with E-state index in [-0.39, 0.29) is 0 Å². The lowest BCUT2D eigenvalue weighted by atomic mass is 10.1. The predicted molar refractivity (Wildman–Crippen MR) is 111 cm³/mol. The van der Waals surface area contributed by atoms with Crippen molar-refractivity contribution in [2.24, 2.45) is 5.73 Å². The average Bonchev–Trinajstić information content (AvgIpc) is 3.02. The minimum Gasteiger partial charge on any atom is -0.453 e. The van der Waals surface area contributed by atoms with Gasteiger partial charge in [-0.05, 0) is 39.3 Å². The summed E-state index contributed by atoms with van der Waals surface area (Å²) < 4.78 is 9.73. The summed E-state index contributed by atoms with van der Waals surface area (Å²) in [4.78, 5) is 30.4. The van der Waals surface area contributed by atoms with Gasteiger partial charge in [-0.15, -0.1) is 0 Å². The Balaban J connectivity index is 1.97. The maximum atomic E-state index is 11.7. The zero-order valence-electron chi connectivity index (χ0n) is 16.8. The van der Waals surface area contributed by atoms with Gasteiger partial charge in [0.25, 0.3) is 0 Å². The fourth-order valence-corrected chi connectivity index (χ4v) is 2.65. The Bertz CT molecular complexity index is 845. The Morgan fingerprint density at radius 1 is 1.24 bits per heavy atom. The average molecular weight is 424 g/mol. The number of nitrogens with zero attached hydrogens (tertiary/aromatic N) is 1. The largest absolute Gasteiger partial charge is 0.453 e.